The lowest BCUT2D eigenvalue weighted by atomic mass is 10.0. The van der Waals surface area contributed by atoms with Crippen molar-refractivity contribution >= 4 is 15.8 Å². The number of halogens is 3. The zero-order valence-corrected chi connectivity index (χ0v) is 21.3. The van der Waals surface area contributed by atoms with Crippen LogP contribution in [0.25, 0.3) is 22.7 Å². The third-order valence-corrected chi connectivity index (χ3v) is 8.18. The summed E-state index contributed by atoms with van der Waals surface area (Å²) >= 11 is 0. The Hall–Kier alpha value is -3.88. The van der Waals surface area contributed by atoms with E-state index >= 15 is 0 Å². The number of anilines is 1. The first-order valence-electron chi connectivity index (χ1n) is 11.9. The van der Waals surface area contributed by atoms with Crippen molar-refractivity contribution in [2.24, 2.45) is 0 Å². The number of aryl methyl sites for hydroxylation is 1. The first-order valence-corrected chi connectivity index (χ1v) is 13.3. The monoisotopic (exact) mass is 560 g/mol. The average molecular weight is 561 g/mol. The van der Waals surface area contributed by atoms with Crippen LogP contribution in [0.5, 0.6) is 0 Å². The molecule has 1 aliphatic heterocycles. The highest BCUT2D eigenvalue weighted by Gasteiger charge is 2.35. The first kappa shape index (κ1) is 26.7. The predicted octanol–water partition coefficient (Wildman–Crippen LogP) is 3.76. The molecular formula is C25H23F3N6O4S. The second-order valence-electron chi connectivity index (χ2n) is 8.98. The number of alkyl halides is 3. The van der Waals surface area contributed by atoms with Gasteiger partial charge in [0, 0.05) is 32.4 Å². The number of piperidine rings is 1. The molecule has 204 valence electrons. The van der Waals surface area contributed by atoms with E-state index < -0.39 is 33.9 Å². The molecule has 14 heteroatoms. The van der Waals surface area contributed by atoms with Gasteiger partial charge in [0.1, 0.15) is 11.5 Å². The standard InChI is InChI=1S/C25H23F3N6O4S/c1-15-32-33-24(38-15)21-12-17(8-10-29-21)16-2-5-19(6-3-16)39(36,37)34-11-9-20(22(35)14-34)31-23-7-4-18(13-30-23)25(26,27)28/h2-8,10,12-13,20,22,35H,9,11,14H2,1H3,(H,30,31). The predicted molar refractivity (Wildman–Crippen MR) is 134 cm³/mol. The SMILES string of the molecule is Cc1nnc(-c2cc(-c3ccc(S(=O)(=O)N4CCC(Nc5ccc(C(F)(F)F)cn5)C(O)C4)cc3)ccn2)o1. The molecule has 1 aromatic carbocycles. The molecule has 0 spiro atoms. The van der Waals surface area contributed by atoms with Crippen molar-refractivity contribution in [3.63, 3.8) is 0 Å². The molecule has 4 heterocycles. The summed E-state index contributed by atoms with van der Waals surface area (Å²) in [5, 5.41) is 21.3. The van der Waals surface area contributed by atoms with Crippen molar-refractivity contribution in [1.29, 1.82) is 0 Å². The van der Waals surface area contributed by atoms with Crippen LogP contribution in [0.4, 0.5) is 19.0 Å². The van der Waals surface area contributed by atoms with Gasteiger partial charge in [-0.3, -0.25) is 4.98 Å². The molecular weight excluding hydrogens is 537 g/mol. The maximum atomic E-state index is 13.3. The summed E-state index contributed by atoms with van der Waals surface area (Å²) in [6, 6.07) is 11.4. The highest BCUT2D eigenvalue weighted by atomic mass is 32.2. The molecule has 2 atom stereocenters. The van der Waals surface area contributed by atoms with Crippen LogP contribution in [0.3, 0.4) is 0 Å². The van der Waals surface area contributed by atoms with Crippen LogP contribution >= 0.6 is 0 Å². The van der Waals surface area contributed by atoms with Gasteiger partial charge >= 0.3 is 6.18 Å². The van der Waals surface area contributed by atoms with Gasteiger partial charge in [-0.15, -0.1) is 10.2 Å². The molecule has 1 aliphatic rings. The van der Waals surface area contributed by atoms with Crippen molar-refractivity contribution < 1.29 is 31.1 Å². The maximum Gasteiger partial charge on any atom is 0.417 e. The van der Waals surface area contributed by atoms with Gasteiger partial charge in [-0.25, -0.2) is 13.4 Å². The molecule has 2 unspecified atom stereocenters. The Morgan fingerprint density at radius 1 is 1.05 bits per heavy atom. The van der Waals surface area contributed by atoms with E-state index in [1.54, 1.807) is 37.4 Å². The largest absolute Gasteiger partial charge is 0.420 e. The number of pyridine rings is 2. The van der Waals surface area contributed by atoms with Crippen LogP contribution in [-0.2, 0) is 16.2 Å². The molecule has 39 heavy (non-hydrogen) atoms. The minimum absolute atomic E-state index is 0.0658. The average Bonchev–Trinajstić information content (AvgIpc) is 3.36. The number of sulfonamides is 1. The van der Waals surface area contributed by atoms with Gasteiger partial charge in [0.2, 0.25) is 15.9 Å². The zero-order chi connectivity index (χ0) is 27.8. The quantitative estimate of drug-likeness (QED) is 0.362. The summed E-state index contributed by atoms with van der Waals surface area (Å²) < 4.78 is 71.4. The van der Waals surface area contributed by atoms with E-state index in [1.807, 2.05) is 0 Å². The number of hydrogen-bond donors (Lipinski definition) is 2. The van der Waals surface area contributed by atoms with Crippen molar-refractivity contribution in [3.05, 3.63) is 72.4 Å². The molecule has 10 nitrogen and oxygen atoms in total. The molecule has 1 fully saturated rings. The summed E-state index contributed by atoms with van der Waals surface area (Å²) in [4.78, 5) is 8.06. The highest BCUT2D eigenvalue weighted by molar-refractivity contribution is 7.89. The van der Waals surface area contributed by atoms with Crippen molar-refractivity contribution in [2.75, 3.05) is 18.4 Å². The number of nitrogens with zero attached hydrogens (tertiary/aromatic N) is 5. The van der Waals surface area contributed by atoms with E-state index in [0.29, 0.717) is 17.8 Å². The summed E-state index contributed by atoms with van der Waals surface area (Å²) in [6.07, 6.45) is -3.07. The van der Waals surface area contributed by atoms with Gasteiger partial charge in [0.15, 0.2) is 0 Å². The van der Waals surface area contributed by atoms with Crippen LogP contribution < -0.4 is 5.32 Å². The second kappa shape index (κ2) is 10.4. The third-order valence-electron chi connectivity index (χ3n) is 6.30. The fourth-order valence-corrected chi connectivity index (χ4v) is 5.69. The number of hydrogen-bond acceptors (Lipinski definition) is 9. The van der Waals surface area contributed by atoms with Crippen LogP contribution in [0.2, 0.25) is 0 Å². The second-order valence-corrected chi connectivity index (χ2v) is 10.9. The van der Waals surface area contributed by atoms with E-state index in [1.165, 1.54) is 22.5 Å². The fraction of sp³-hybridized carbons (Fsp3) is 0.280. The molecule has 0 bridgehead atoms. The maximum absolute atomic E-state index is 13.3. The Bertz CT molecular complexity index is 1560. The Balaban J connectivity index is 1.25. The Morgan fingerprint density at radius 2 is 1.82 bits per heavy atom. The topological polar surface area (TPSA) is 134 Å². The first-order chi connectivity index (χ1) is 18.5. The smallest absolute Gasteiger partial charge is 0.417 e. The molecule has 1 saturated heterocycles. The summed E-state index contributed by atoms with van der Waals surface area (Å²) in [5.74, 6) is 0.847. The molecule has 5 rings (SSSR count). The van der Waals surface area contributed by atoms with E-state index in [9.17, 15) is 26.7 Å². The Morgan fingerprint density at radius 3 is 2.44 bits per heavy atom. The van der Waals surface area contributed by atoms with Gasteiger partial charge in [0.05, 0.1) is 22.6 Å². The van der Waals surface area contributed by atoms with Crippen molar-refractivity contribution in [2.45, 2.75) is 36.6 Å². The molecule has 4 aromatic rings. The molecule has 3 aromatic heterocycles. The van der Waals surface area contributed by atoms with E-state index in [-0.39, 0.29) is 36.1 Å². The lowest BCUT2D eigenvalue weighted by Crippen LogP contribution is -2.51. The number of β-amino-alcohol motifs (C(OH)–C–C–N with tert-alkyl or cyclic N) is 1. The minimum Gasteiger partial charge on any atom is -0.420 e. The number of aliphatic hydroxyl groups excluding tert-OH is 1. The van der Waals surface area contributed by atoms with E-state index in [2.05, 4.69) is 25.5 Å². The normalized spacial score (nSPS) is 18.7. The fourth-order valence-electron chi connectivity index (χ4n) is 4.22. The van der Waals surface area contributed by atoms with Gasteiger partial charge in [-0.2, -0.15) is 17.5 Å². The molecule has 0 aliphatic carbocycles. The van der Waals surface area contributed by atoms with Crippen molar-refractivity contribution in [3.8, 4) is 22.7 Å². The Kier molecular flexibility index (Phi) is 7.09. The van der Waals surface area contributed by atoms with E-state index in [4.69, 9.17) is 4.42 Å². The third kappa shape index (κ3) is 5.77. The van der Waals surface area contributed by atoms with Gasteiger partial charge in [0.25, 0.3) is 5.89 Å². The van der Waals surface area contributed by atoms with E-state index in [0.717, 1.165) is 17.2 Å². The minimum atomic E-state index is -4.50. The number of nitrogens with one attached hydrogen (secondary N) is 1. The zero-order valence-electron chi connectivity index (χ0n) is 20.5. The molecule has 2 N–H and O–H groups in total. The lowest BCUT2D eigenvalue weighted by Gasteiger charge is -2.35. The molecule has 0 amide bonds. The van der Waals surface area contributed by atoms with Crippen LogP contribution in [0.15, 0.2) is 70.2 Å². The summed E-state index contributed by atoms with van der Waals surface area (Å²) in [6.45, 7) is 1.60. The van der Waals surface area contributed by atoms with Gasteiger partial charge in [-0.1, -0.05) is 12.1 Å². The van der Waals surface area contributed by atoms with Gasteiger partial charge < -0.3 is 14.8 Å². The lowest BCUT2D eigenvalue weighted by molar-refractivity contribution is -0.137. The summed E-state index contributed by atoms with van der Waals surface area (Å²) in [7, 11) is -3.90. The van der Waals surface area contributed by atoms with Crippen LogP contribution in [0.1, 0.15) is 17.9 Å². The number of benzene rings is 1. The van der Waals surface area contributed by atoms with Crippen molar-refractivity contribution in [1.82, 2.24) is 24.5 Å². The van der Waals surface area contributed by atoms with Crippen LogP contribution in [0, 0.1) is 6.92 Å². The molecule has 0 saturated carbocycles. The number of rotatable bonds is 6. The van der Waals surface area contributed by atoms with Crippen LogP contribution in [-0.4, -0.2) is 63.2 Å². The van der Waals surface area contributed by atoms with Gasteiger partial charge in [-0.05, 0) is 53.9 Å². The molecule has 0 radical (unpaired) electrons. The highest BCUT2D eigenvalue weighted by Crippen LogP contribution is 2.30. The Labute approximate surface area is 221 Å². The number of aliphatic hydroxyl groups is 1. The summed E-state index contributed by atoms with van der Waals surface area (Å²) in [5.41, 5.74) is 1.13. The number of aromatic nitrogens is 4.